The first kappa shape index (κ1) is 13.2. The Labute approximate surface area is 131 Å². The number of halogens is 1. The minimum absolute atomic E-state index is 0.0960. The molecule has 0 saturated heterocycles. The summed E-state index contributed by atoms with van der Waals surface area (Å²) >= 11 is 5.23. The number of rotatable bonds is 1. The summed E-state index contributed by atoms with van der Waals surface area (Å²) in [6.07, 6.45) is 0. The number of Topliss-reactive ketones (excluding diaryl/α,β-unsaturated/α-hetero) is 1. The topological polar surface area (TPSA) is 41.1 Å². The Bertz CT molecular complexity index is 859. The largest absolute Gasteiger partial charge is 0.351 e. The van der Waals surface area contributed by atoms with Gasteiger partial charge >= 0.3 is 0 Å². The van der Waals surface area contributed by atoms with Crippen molar-refractivity contribution in [1.82, 2.24) is 10.6 Å². The molecule has 2 aliphatic rings. The zero-order valence-corrected chi connectivity index (χ0v) is 12.2. The van der Waals surface area contributed by atoms with E-state index in [-0.39, 0.29) is 11.6 Å². The summed E-state index contributed by atoms with van der Waals surface area (Å²) in [6, 6.07) is 13.2. The van der Waals surface area contributed by atoms with E-state index in [1.54, 1.807) is 24.3 Å². The van der Waals surface area contributed by atoms with Gasteiger partial charge < -0.3 is 10.6 Å². The van der Waals surface area contributed by atoms with E-state index in [1.165, 1.54) is 6.07 Å². The van der Waals surface area contributed by atoms with Gasteiger partial charge in [0, 0.05) is 16.7 Å². The fourth-order valence-corrected chi connectivity index (χ4v) is 3.23. The van der Waals surface area contributed by atoms with Crippen molar-refractivity contribution < 1.29 is 9.18 Å². The van der Waals surface area contributed by atoms with E-state index in [9.17, 15) is 9.18 Å². The zero-order chi connectivity index (χ0) is 15.3. The zero-order valence-electron chi connectivity index (χ0n) is 11.4. The van der Waals surface area contributed by atoms with Gasteiger partial charge in [-0.1, -0.05) is 42.5 Å². The lowest BCUT2D eigenvalue weighted by atomic mass is 9.94. The van der Waals surface area contributed by atoms with Gasteiger partial charge in [0.15, 0.2) is 10.9 Å². The molecule has 0 amide bonds. The van der Waals surface area contributed by atoms with Crippen LogP contribution in [0, 0.1) is 5.82 Å². The van der Waals surface area contributed by atoms with Gasteiger partial charge in [0.1, 0.15) is 5.82 Å². The van der Waals surface area contributed by atoms with Crippen molar-refractivity contribution in [3.8, 4) is 0 Å². The fraction of sp³-hybridized carbons (Fsp3) is 0.0588. The smallest absolute Gasteiger partial charge is 0.194 e. The van der Waals surface area contributed by atoms with E-state index in [0.29, 0.717) is 27.5 Å². The van der Waals surface area contributed by atoms with E-state index in [4.69, 9.17) is 12.2 Å². The summed E-state index contributed by atoms with van der Waals surface area (Å²) in [5, 5.41) is 6.44. The molecule has 108 valence electrons. The van der Waals surface area contributed by atoms with Crippen LogP contribution in [0.2, 0.25) is 0 Å². The lowest BCUT2D eigenvalue weighted by molar-refractivity contribution is 0.103. The number of nitrogens with one attached hydrogen (secondary N) is 2. The molecule has 1 unspecified atom stereocenters. The number of fused-ring (bicyclic) bond motifs is 2. The van der Waals surface area contributed by atoms with Crippen molar-refractivity contribution in [2.75, 3.05) is 0 Å². The van der Waals surface area contributed by atoms with Crippen molar-refractivity contribution in [3.63, 3.8) is 0 Å². The normalized spacial score (nSPS) is 19.4. The van der Waals surface area contributed by atoms with E-state index >= 15 is 0 Å². The van der Waals surface area contributed by atoms with Crippen molar-refractivity contribution in [1.29, 1.82) is 0 Å². The van der Waals surface area contributed by atoms with Gasteiger partial charge in [-0.15, -0.1) is 0 Å². The van der Waals surface area contributed by atoms with Gasteiger partial charge in [0.25, 0.3) is 0 Å². The molecule has 4 rings (SSSR count). The second-order valence-electron chi connectivity index (χ2n) is 5.22. The van der Waals surface area contributed by atoms with Crippen molar-refractivity contribution in [2.24, 2.45) is 0 Å². The highest BCUT2D eigenvalue weighted by molar-refractivity contribution is 7.80. The second kappa shape index (κ2) is 4.74. The minimum Gasteiger partial charge on any atom is -0.351 e. The van der Waals surface area contributed by atoms with Crippen LogP contribution in [0.5, 0.6) is 0 Å². The van der Waals surface area contributed by atoms with Crippen LogP contribution in [0.4, 0.5) is 4.39 Å². The molecule has 22 heavy (non-hydrogen) atoms. The average Bonchev–Trinajstić information content (AvgIpc) is 2.81. The van der Waals surface area contributed by atoms with Crippen molar-refractivity contribution >= 4 is 28.8 Å². The molecule has 1 heterocycles. The Hall–Kier alpha value is -2.53. The molecular weight excluding hydrogens is 299 g/mol. The molecular formula is C17H11FN2OS. The highest BCUT2D eigenvalue weighted by Gasteiger charge is 2.39. The SMILES string of the molecule is O=C1C2=C(NC(=S)NC2c2ccccc2F)c2ccccc21. The molecule has 1 aliphatic heterocycles. The van der Waals surface area contributed by atoms with Crippen LogP contribution in [-0.4, -0.2) is 10.9 Å². The standard InChI is InChI=1S/C17H11FN2OS/c18-12-8-4-3-7-11(12)15-13-14(19-17(22)20-15)9-5-1-2-6-10(9)16(13)21/h1-8,15H,(H2,19,20,22). The molecule has 2 N–H and O–H groups in total. The molecule has 0 aromatic heterocycles. The first-order valence-corrected chi connectivity index (χ1v) is 7.28. The molecule has 2 aromatic rings. The maximum absolute atomic E-state index is 14.2. The Kier molecular flexibility index (Phi) is 2.84. The summed E-state index contributed by atoms with van der Waals surface area (Å²) in [7, 11) is 0. The summed E-state index contributed by atoms with van der Waals surface area (Å²) in [4.78, 5) is 12.7. The van der Waals surface area contributed by atoms with Gasteiger partial charge in [0.05, 0.1) is 17.3 Å². The molecule has 5 heteroatoms. The third-order valence-corrected chi connectivity index (χ3v) is 4.19. The first-order valence-electron chi connectivity index (χ1n) is 6.87. The van der Waals surface area contributed by atoms with Gasteiger partial charge in [-0.3, -0.25) is 4.79 Å². The van der Waals surface area contributed by atoms with E-state index in [2.05, 4.69) is 10.6 Å². The molecule has 0 fully saturated rings. The Morgan fingerprint density at radius 3 is 2.45 bits per heavy atom. The molecule has 1 atom stereocenters. The third kappa shape index (κ3) is 1.79. The highest BCUT2D eigenvalue weighted by atomic mass is 32.1. The van der Waals surface area contributed by atoms with Crippen LogP contribution in [0.3, 0.4) is 0 Å². The molecule has 3 nitrogen and oxygen atoms in total. The monoisotopic (exact) mass is 310 g/mol. The molecule has 0 bridgehead atoms. The van der Waals surface area contributed by atoms with Crippen LogP contribution >= 0.6 is 12.2 Å². The lowest BCUT2D eigenvalue weighted by Crippen LogP contribution is -2.43. The number of ketones is 1. The van der Waals surface area contributed by atoms with Crippen LogP contribution in [0.1, 0.15) is 27.5 Å². The number of hydrogen-bond acceptors (Lipinski definition) is 2. The molecule has 1 aliphatic carbocycles. The van der Waals surface area contributed by atoms with E-state index in [0.717, 1.165) is 5.56 Å². The number of thiocarbonyl (C=S) groups is 1. The number of carbonyl (C=O) groups is 1. The predicted octanol–water partition coefficient (Wildman–Crippen LogP) is 2.95. The maximum atomic E-state index is 14.2. The Morgan fingerprint density at radius 1 is 1.00 bits per heavy atom. The summed E-state index contributed by atoms with van der Waals surface area (Å²) in [6.45, 7) is 0. The Morgan fingerprint density at radius 2 is 1.68 bits per heavy atom. The predicted molar refractivity (Wildman–Crippen MR) is 85.7 cm³/mol. The minimum atomic E-state index is -0.579. The van der Waals surface area contributed by atoms with Crippen molar-refractivity contribution in [2.45, 2.75) is 6.04 Å². The Balaban J connectivity index is 1.93. The number of benzene rings is 2. The third-order valence-electron chi connectivity index (χ3n) is 3.97. The molecule has 0 spiro atoms. The second-order valence-corrected chi connectivity index (χ2v) is 5.62. The number of hydrogen-bond donors (Lipinski definition) is 2. The quantitative estimate of drug-likeness (QED) is 0.795. The lowest BCUT2D eigenvalue weighted by Gasteiger charge is -2.28. The maximum Gasteiger partial charge on any atom is 0.194 e. The van der Waals surface area contributed by atoms with Gasteiger partial charge in [-0.2, -0.15) is 0 Å². The first-order chi connectivity index (χ1) is 10.7. The van der Waals surface area contributed by atoms with E-state index < -0.39 is 6.04 Å². The van der Waals surface area contributed by atoms with Gasteiger partial charge in [-0.25, -0.2) is 4.39 Å². The van der Waals surface area contributed by atoms with Crippen LogP contribution in [-0.2, 0) is 0 Å². The summed E-state index contributed by atoms with van der Waals surface area (Å²) < 4.78 is 14.2. The van der Waals surface area contributed by atoms with Gasteiger partial charge in [0.2, 0.25) is 0 Å². The average molecular weight is 310 g/mol. The van der Waals surface area contributed by atoms with E-state index in [1.807, 2.05) is 18.2 Å². The van der Waals surface area contributed by atoms with Crippen LogP contribution in [0.15, 0.2) is 54.1 Å². The molecule has 2 aromatic carbocycles. The van der Waals surface area contributed by atoms with Gasteiger partial charge in [-0.05, 0) is 18.3 Å². The van der Waals surface area contributed by atoms with Crippen LogP contribution < -0.4 is 10.6 Å². The van der Waals surface area contributed by atoms with Crippen molar-refractivity contribution in [3.05, 3.63) is 76.6 Å². The summed E-state index contributed by atoms with van der Waals surface area (Å²) in [5.74, 6) is -0.457. The van der Waals surface area contributed by atoms with Crippen LogP contribution in [0.25, 0.3) is 5.70 Å². The summed E-state index contributed by atoms with van der Waals surface area (Å²) in [5.41, 5.74) is 3.04. The number of carbonyl (C=O) groups excluding carboxylic acids is 1. The molecule has 0 saturated carbocycles. The fourth-order valence-electron chi connectivity index (χ4n) is 3.01. The highest BCUT2D eigenvalue weighted by Crippen LogP contribution is 2.40. The molecule has 0 radical (unpaired) electrons.